The van der Waals surface area contributed by atoms with Crippen LogP contribution in [0.2, 0.25) is 0 Å². The van der Waals surface area contributed by atoms with E-state index >= 15 is 0 Å². The predicted molar refractivity (Wildman–Crippen MR) is 104 cm³/mol. The number of nitrogens with two attached hydrogens (primary N) is 3. The first-order valence-corrected chi connectivity index (χ1v) is 9.38. The number of aliphatic hydroxyl groups is 2. The molecular formula is C17H33N7O3. The smallest absolute Gasteiger partial charge is 0.150 e. The summed E-state index contributed by atoms with van der Waals surface area (Å²) in [5, 5.41) is 23.9. The standard InChI is InChI=1S/C17H33N7O3/c1-10(2)24(5-3-4-18)7-13-16(26)15(25)12(27-13)6-11-14(21-8-19)17(20)23-9-22-11/h9-10,12-13,15-16,21,25-26H,3-8,18-19H2,1-2H3,(H2,20,22,23)/t12-,13+,15-,16+/m0/s1. The molecule has 0 saturated carbocycles. The number of nitrogen functional groups attached to an aromatic ring is 1. The Morgan fingerprint density at radius 1 is 1.22 bits per heavy atom. The Kier molecular flexibility index (Phi) is 8.14. The lowest BCUT2D eigenvalue weighted by Gasteiger charge is -2.30. The minimum atomic E-state index is -1.01. The fourth-order valence-corrected chi connectivity index (χ4v) is 3.31. The Morgan fingerprint density at radius 3 is 2.56 bits per heavy atom. The summed E-state index contributed by atoms with van der Waals surface area (Å²) in [5.74, 6) is 0.280. The van der Waals surface area contributed by atoms with Gasteiger partial charge in [0, 0.05) is 19.0 Å². The van der Waals surface area contributed by atoms with Gasteiger partial charge in [0.05, 0.1) is 30.3 Å². The molecule has 9 N–H and O–H groups in total. The number of hydrogen-bond donors (Lipinski definition) is 6. The van der Waals surface area contributed by atoms with Crippen molar-refractivity contribution < 1.29 is 14.9 Å². The molecule has 27 heavy (non-hydrogen) atoms. The number of nitrogens with zero attached hydrogens (tertiary/aromatic N) is 3. The number of rotatable bonds is 10. The molecule has 0 aliphatic carbocycles. The van der Waals surface area contributed by atoms with Crippen molar-refractivity contribution in [3.8, 4) is 0 Å². The number of anilines is 2. The van der Waals surface area contributed by atoms with Crippen molar-refractivity contribution in [3.05, 3.63) is 12.0 Å². The van der Waals surface area contributed by atoms with Gasteiger partial charge in [0.25, 0.3) is 0 Å². The molecular weight excluding hydrogens is 350 g/mol. The van der Waals surface area contributed by atoms with E-state index < -0.39 is 24.4 Å². The second-order valence-corrected chi connectivity index (χ2v) is 7.09. The summed E-state index contributed by atoms with van der Waals surface area (Å²) < 4.78 is 5.99. The summed E-state index contributed by atoms with van der Waals surface area (Å²) in [5.41, 5.74) is 18.2. The Labute approximate surface area is 160 Å². The van der Waals surface area contributed by atoms with Crippen molar-refractivity contribution in [2.45, 2.75) is 57.1 Å². The molecule has 10 heteroatoms. The molecule has 1 aromatic rings. The van der Waals surface area contributed by atoms with Gasteiger partial charge in [0.1, 0.15) is 18.5 Å². The second kappa shape index (κ2) is 10.1. The third-order valence-corrected chi connectivity index (χ3v) is 4.88. The Balaban J connectivity index is 2.07. The van der Waals surface area contributed by atoms with Crippen LogP contribution in [-0.4, -0.2) is 81.8 Å². The molecule has 0 spiro atoms. The van der Waals surface area contributed by atoms with Gasteiger partial charge in [-0.15, -0.1) is 0 Å². The van der Waals surface area contributed by atoms with Crippen molar-refractivity contribution in [3.63, 3.8) is 0 Å². The van der Waals surface area contributed by atoms with E-state index in [-0.39, 0.29) is 24.9 Å². The molecule has 1 saturated heterocycles. The van der Waals surface area contributed by atoms with Crippen molar-refractivity contribution in [2.24, 2.45) is 11.5 Å². The average Bonchev–Trinajstić information content (AvgIpc) is 2.89. The van der Waals surface area contributed by atoms with Crippen LogP contribution in [-0.2, 0) is 11.2 Å². The van der Waals surface area contributed by atoms with Crippen LogP contribution in [0.15, 0.2) is 6.33 Å². The fourth-order valence-electron chi connectivity index (χ4n) is 3.31. The largest absolute Gasteiger partial charge is 0.388 e. The summed E-state index contributed by atoms with van der Waals surface area (Å²) in [6.45, 7) is 6.28. The van der Waals surface area contributed by atoms with Gasteiger partial charge in [-0.25, -0.2) is 9.97 Å². The lowest BCUT2D eigenvalue weighted by molar-refractivity contribution is -0.0159. The van der Waals surface area contributed by atoms with E-state index in [0.717, 1.165) is 13.0 Å². The van der Waals surface area contributed by atoms with Gasteiger partial charge in [-0.3, -0.25) is 4.90 Å². The predicted octanol–water partition coefficient (Wildman–Crippen LogP) is -1.52. The monoisotopic (exact) mass is 383 g/mol. The second-order valence-electron chi connectivity index (χ2n) is 7.09. The van der Waals surface area contributed by atoms with Crippen LogP contribution in [0.4, 0.5) is 11.5 Å². The Bertz CT molecular complexity index is 590. The summed E-state index contributed by atoms with van der Waals surface area (Å²) in [6, 6.07) is 0.283. The minimum Gasteiger partial charge on any atom is -0.388 e. The zero-order chi connectivity index (χ0) is 20.0. The lowest BCUT2D eigenvalue weighted by atomic mass is 10.0. The van der Waals surface area contributed by atoms with E-state index in [9.17, 15) is 10.2 Å². The molecule has 2 heterocycles. The molecule has 2 rings (SSSR count). The Hall–Kier alpha value is -1.56. The first-order chi connectivity index (χ1) is 12.9. The molecule has 1 aromatic heterocycles. The molecule has 1 fully saturated rings. The number of aromatic nitrogens is 2. The molecule has 10 nitrogen and oxygen atoms in total. The molecule has 0 amide bonds. The maximum absolute atomic E-state index is 10.5. The van der Waals surface area contributed by atoms with Gasteiger partial charge in [0.2, 0.25) is 0 Å². The normalized spacial score (nSPS) is 25.5. The SMILES string of the molecule is CC(C)N(CCCN)C[C@H]1O[C@@H](Cc2ncnc(N)c2NCN)[C@H](O)[C@@H]1O. The highest BCUT2D eigenvalue weighted by Crippen LogP contribution is 2.28. The minimum absolute atomic E-state index is 0.175. The van der Waals surface area contributed by atoms with Crippen LogP contribution < -0.4 is 22.5 Å². The molecule has 0 unspecified atom stereocenters. The summed E-state index contributed by atoms with van der Waals surface area (Å²) >= 11 is 0. The molecule has 1 aliphatic heterocycles. The van der Waals surface area contributed by atoms with Crippen LogP contribution in [0.25, 0.3) is 0 Å². The van der Waals surface area contributed by atoms with Crippen molar-refractivity contribution in [1.29, 1.82) is 0 Å². The summed E-state index contributed by atoms with van der Waals surface area (Å²) in [6.07, 6.45) is -0.569. The summed E-state index contributed by atoms with van der Waals surface area (Å²) in [4.78, 5) is 10.4. The summed E-state index contributed by atoms with van der Waals surface area (Å²) in [7, 11) is 0. The van der Waals surface area contributed by atoms with Crippen LogP contribution in [0.1, 0.15) is 26.0 Å². The molecule has 4 atom stereocenters. The average molecular weight is 383 g/mol. The highest BCUT2D eigenvalue weighted by atomic mass is 16.5. The molecule has 0 aromatic carbocycles. The van der Waals surface area contributed by atoms with E-state index in [1.165, 1.54) is 6.33 Å². The van der Waals surface area contributed by atoms with E-state index in [2.05, 4.69) is 34.0 Å². The fraction of sp³-hybridized carbons (Fsp3) is 0.765. The number of aliphatic hydroxyl groups excluding tert-OH is 2. The van der Waals surface area contributed by atoms with Crippen molar-refractivity contribution >= 4 is 11.5 Å². The molecule has 1 aliphatic rings. The molecule has 0 bridgehead atoms. The third-order valence-electron chi connectivity index (χ3n) is 4.88. The zero-order valence-electron chi connectivity index (χ0n) is 16.1. The van der Waals surface area contributed by atoms with Crippen molar-refractivity contribution in [2.75, 3.05) is 37.4 Å². The van der Waals surface area contributed by atoms with Crippen LogP contribution in [0, 0.1) is 0 Å². The van der Waals surface area contributed by atoms with Gasteiger partial charge in [-0.05, 0) is 33.4 Å². The number of ether oxygens (including phenoxy) is 1. The van der Waals surface area contributed by atoms with Gasteiger partial charge in [-0.2, -0.15) is 0 Å². The Morgan fingerprint density at radius 2 is 1.93 bits per heavy atom. The van der Waals surface area contributed by atoms with E-state index in [1.54, 1.807) is 0 Å². The maximum atomic E-state index is 10.5. The highest BCUT2D eigenvalue weighted by Gasteiger charge is 2.43. The van der Waals surface area contributed by atoms with Gasteiger partial charge < -0.3 is 37.5 Å². The van der Waals surface area contributed by atoms with Crippen LogP contribution in [0.5, 0.6) is 0 Å². The molecule has 0 radical (unpaired) electrons. The first-order valence-electron chi connectivity index (χ1n) is 9.38. The van der Waals surface area contributed by atoms with E-state index in [0.29, 0.717) is 24.5 Å². The molecule has 154 valence electrons. The first kappa shape index (κ1) is 21.7. The van der Waals surface area contributed by atoms with E-state index in [1.807, 2.05) is 0 Å². The zero-order valence-corrected chi connectivity index (χ0v) is 16.1. The lowest BCUT2D eigenvalue weighted by Crippen LogP contribution is -2.43. The topological polar surface area (TPSA) is 169 Å². The third kappa shape index (κ3) is 5.47. The quantitative estimate of drug-likeness (QED) is 0.261. The van der Waals surface area contributed by atoms with Gasteiger partial charge in [0.15, 0.2) is 5.82 Å². The van der Waals surface area contributed by atoms with Gasteiger partial charge in [-0.1, -0.05) is 0 Å². The van der Waals surface area contributed by atoms with Gasteiger partial charge >= 0.3 is 0 Å². The van der Waals surface area contributed by atoms with Crippen LogP contribution >= 0.6 is 0 Å². The van der Waals surface area contributed by atoms with Crippen LogP contribution in [0.3, 0.4) is 0 Å². The van der Waals surface area contributed by atoms with Crippen molar-refractivity contribution in [1.82, 2.24) is 14.9 Å². The van der Waals surface area contributed by atoms with E-state index in [4.69, 9.17) is 21.9 Å². The maximum Gasteiger partial charge on any atom is 0.150 e. The highest BCUT2D eigenvalue weighted by molar-refractivity contribution is 5.64. The number of nitrogens with one attached hydrogen (secondary N) is 1. The number of hydrogen-bond acceptors (Lipinski definition) is 10.